The summed E-state index contributed by atoms with van der Waals surface area (Å²) in [6.45, 7) is 1.29. The summed E-state index contributed by atoms with van der Waals surface area (Å²) in [5.41, 5.74) is 1.67. The lowest BCUT2D eigenvalue weighted by Crippen LogP contribution is -2.57. The third kappa shape index (κ3) is 1.48. The monoisotopic (exact) mass is 212 g/mol. The number of hydrogen-bond donors (Lipinski definition) is 1. The van der Waals surface area contributed by atoms with Crippen LogP contribution in [0, 0.1) is 0 Å². The number of thiazole rings is 1. The van der Waals surface area contributed by atoms with Gasteiger partial charge in [0.1, 0.15) is 6.04 Å². The predicted molar refractivity (Wildman–Crippen MR) is 48.6 cm³/mol. The molecule has 0 unspecified atom stereocenters. The number of carbonyl (C=O) groups excluding carboxylic acids is 2. The molecule has 2 atom stereocenters. The third-order valence-electron chi connectivity index (χ3n) is 1.91. The van der Waals surface area contributed by atoms with Gasteiger partial charge in [-0.3, -0.25) is 14.6 Å². The van der Waals surface area contributed by atoms with Gasteiger partial charge in [-0.05, 0) is 0 Å². The number of aromatic nitrogens is 1. The molecule has 1 amide bonds. The van der Waals surface area contributed by atoms with Crippen LogP contribution in [0.4, 0.5) is 0 Å². The highest BCUT2D eigenvalue weighted by Gasteiger charge is 2.43. The first-order valence-electron chi connectivity index (χ1n) is 4.04. The van der Waals surface area contributed by atoms with E-state index in [2.05, 4.69) is 10.3 Å². The first-order valence-corrected chi connectivity index (χ1v) is 4.92. The molecule has 1 aromatic rings. The van der Waals surface area contributed by atoms with Crippen LogP contribution in [0.3, 0.4) is 0 Å². The van der Waals surface area contributed by atoms with Crippen LogP contribution in [-0.4, -0.2) is 23.0 Å². The molecule has 1 aliphatic heterocycles. The van der Waals surface area contributed by atoms with Crippen LogP contribution < -0.4 is 5.32 Å². The van der Waals surface area contributed by atoms with Gasteiger partial charge in [0.25, 0.3) is 5.91 Å². The number of amides is 1. The molecule has 1 aliphatic rings. The maximum absolute atomic E-state index is 11.1. The highest BCUT2D eigenvalue weighted by Crippen LogP contribution is 2.29. The average molecular weight is 212 g/mol. The van der Waals surface area contributed by atoms with Gasteiger partial charge in [-0.1, -0.05) is 0 Å². The van der Waals surface area contributed by atoms with Gasteiger partial charge < -0.3 is 10.1 Å². The zero-order valence-electron chi connectivity index (χ0n) is 7.39. The fourth-order valence-electron chi connectivity index (χ4n) is 1.27. The van der Waals surface area contributed by atoms with Crippen LogP contribution in [0.1, 0.15) is 17.8 Å². The van der Waals surface area contributed by atoms with Crippen LogP contribution in [0.15, 0.2) is 11.7 Å². The number of hydrogen-bond acceptors (Lipinski definition) is 5. The van der Waals surface area contributed by atoms with Crippen molar-refractivity contribution in [2.24, 2.45) is 0 Å². The number of esters is 1. The maximum atomic E-state index is 11.1. The van der Waals surface area contributed by atoms with Gasteiger partial charge in [0.05, 0.1) is 10.4 Å². The molecule has 5 nitrogen and oxygen atoms in total. The van der Waals surface area contributed by atoms with Crippen molar-refractivity contribution in [3.8, 4) is 0 Å². The number of nitrogens with zero attached hydrogens (tertiary/aromatic N) is 1. The maximum Gasteiger partial charge on any atom is 0.303 e. The Balaban J connectivity index is 2.08. The minimum absolute atomic E-state index is 0.223. The summed E-state index contributed by atoms with van der Waals surface area (Å²) in [7, 11) is 0. The minimum atomic E-state index is -0.687. The van der Waals surface area contributed by atoms with Crippen LogP contribution in [-0.2, 0) is 14.3 Å². The van der Waals surface area contributed by atoms with Crippen molar-refractivity contribution >= 4 is 23.2 Å². The number of carbonyl (C=O) groups is 2. The van der Waals surface area contributed by atoms with Crippen molar-refractivity contribution < 1.29 is 14.3 Å². The number of ether oxygens (including phenoxy) is 1. The lowest BCUT2D eigenvalue weighted by molar-refractivity contribution is -0.164. The summed E-state index contributed by atoms with van der Waals surface area (Å²) in [5.74, 6) is -0.696. The third-order valence-corrected chi connectivity index (χ3v) is 2.77. The fourth-order valence-corrected chi connectivity index (χ4v) is 1.96. The van der Waals surface area contributed by atoms with E-state index in [0.717, 1.165) is 4.88 Å². The highest BCUT2D eigenvalue weighted by atomic mass is 32.1. The molecule has 0 spiro atoms. The molecule has 1 saturated heterocycles. The Hall–Kier alpha value is -1.43. The van der Waals surface area contributed by atoms with Crippen molar-refractivity contribution in [3.63, 3.8) is 0 Å². The van der Waals surface area contributed by atoms with Crippen molar-refractivity contribution in [1.82, 2.24) is 10.3 Å². The quantitative estimate of drug-likeness (QED) is 0.563. The summed E-state index contributed by atoms with van der Waals surface area (Å²) in [4.78, 5) is 26.6. The predicted octanol–water partition coefficient (Wildman–Crippen LogP) is 0.246. The largest absolute Gasteiger partial charge is 0.450 e. The Morgan fingerprint density at radius 2 is 2.50 bits per heavy atom. The number of nitrogens with one attached hydrogen (secondary N) is 1. The molecule has 0 aliphatic carbocycles. The molecular formula is C8H8N2O3S. The topological polar surface area (TPSA) is 68.3 Å². The van der Waals surface area contributed by atoms with E-state index in [1.165, 1.54) is 18.3 Å². The van der Waals surface area contributed by atoms with E-state index >= 15 is 0 Å². The first-order chi connectivity index (χ1) is 6.68. The molecule has 74 valence electrons. The van der Waals surface area contributed by atoms with Gasteiger partial charge >= 0.3 is 5.97 Å². The van der Waals surface area contributed by atoms with E-state index in [1.54, 1.807) is 11.7 Å². The second-order valence-corrected chi connectivity index (χ2v) is 3.84. The molecule has 0 radical (unpaired) electrons. The second-order valence-electron chi connectivity index (χ2n) is 2.92. The van der Waals surface area contributed by atoms with Gasteiger partial charge in [-0.25, -0.2) is 0 Å². The molecule has 6 heteroatoms. The van der Waals surface area contributed by atoms with Gasteiger partial charge in [-0.15, -0.1) is 11.3 Å². The molecule has 0 saturated carbocycles. The van der Waals surface area contributed by atoms with Crippen LogP contribution in [0.2, 0.25) is 0 Å². The highest BCUT2D eigenvalue weighted by molar-refractivity contribution is 7.09. The summed E-state index contributed by atoms with van der Waals surface area (Å²) in [6.07, 6.45) is 0.971. The van der Waals surface area contributed by atoms with Crippen LogP contribution in [0.5, 0.6) is 0 Å². The van der Waals surface area contributed by atoms with Gasteiger partial charge in [-0.2, -0.15) is 0 Å². The average Bonchev–Trinajstić information content (AvgIpc) is 2.62. The Labute approximate surface area is 84.1 Å². The Morgan fingerprint density at radius 1 is 1.71 bits per heavy atom. The SMILES string of the molecule is CC(=O)O[C@H]1C(=O)N[C@@H]1c1cncs1. The molecule has 0 bridgehead atoms. The molecule has 1 fully saturated rings. The van der Waals surface area contributed by atoms with Crippen LogP contribution in [0.25, 0.3) is 0 Å². The van der Waals surface area contributed by atoms with E-state index in [4.69, 9.17) is 4.74 Å². The second kappa shape index (κ2) is 3.38. The van der Waals surface area contributed by atoms with Crippen molar-refractivity contribution in [2.45, 2.75) is 19.1 Å². The van der Waals surface area contributed by atoms with Crippen molar-refractivity contribution in [1.29, 1.82) is 0 Å². The molecule has 2 heterocycles. The van der Waals surface area contributed by atoms with E-state index in [1.807, 2.05) is 0 Å². The van der Waals surface area contributed by atoms with E-state index in [9.17, 15) is 9.59 Å². The Kier molecular flexibility index (Phi) is 2.20. The molecule has 1 aromatic heterocycles. The molecule has 2 rings (SSSR count). The standard InChI is InChI=1S/C8H8N2O3S/c1-4(11)13-7-6(10-8(7)12)5-2-9-3-14-5/h2-3,6-7H,1H3,(H,10,12)/t6-,7-/m1/s1. The van der Waals surface area contributed by atoms with Crippen molar-refractivity contribution in [3.05, 3.63) is 16.6 Å². The van der Waals surface area contributed by atoms with Gasteiger partial charge in [0.2, 0.25) is 6.10 Å². The molecule has 1 N–H and O–H groups in total. The van der Waals surface area contributed by atoms with E-state index in [-0.39, 0.29) is 11.9 Å². The van der Waals surface area contributed by atoms with E-state index in [0.29, 0.717) is 0 Å². The number of β-lactam (4-membered cyclic amide) rings is 1. The Morgan fingerprint density at radius 3 is 3.00 bits per heavy atom. The normalized spacial score (nSPS) is 25.1. The van der Waals surface area contributed by atoms with Crippen molar-refractivity contribution in [2.75, 3.05) is 0 Å². The zero-order valence-corrected chi connectivity index (χ0v) is 8.21. The van der Waals surface area contributed by atoms with E-state index < -0.39 is 12.1 Å². The molecule has 14 heavy (non-hydrogen) atoms. The lowest BCUT2D eigenvalue weighted by Gasteiger charge is -2.34. The van der Waals surface area contributed by atoms with Gasteiger partial charge in [0, 0.05) is 13.1 Å². The smallest absolute Gasteiger partial charge is 0.303 e. The zero-order chi connectivity index (χ0) is 10.1. The molecular weight excluding hydrogens is 204 g/mol. The summed E-state index contributed by atoms with van der Waals surface area (Å²) in [6, 6.07) is -0.223. The molecule has 0 aromatic carbocycles. The Bertz CT molecular complexity index is 363. The summed E-state index contributed by atoms with van der Waals surface area (Å²) in [5, 5.41) is 2.65. The minimum Gasteiger partial charge on any atom is -0.450 e. The fraction of sp³-hybridized carbons (Fsp3) is 0.375. The van der Waals surface area contributed by atoms with Crippen LogP contribution >= 0.6 is 11.3 Å². The lowest BCUT2D eigenvalue weighted by atomic mass is 10.0. The number of rotatable bonds is 2. The van der Waals surface area contributed by atoms with Gasteiger partial charge in [0.15, 0.2) is 0 Å². The first kappa shape index (κ1) is 9.14. The summed E-state index contributed by atoms with van der Waals surface area (Å²) >= 11 is 1.42. The summed E-state index contributed by atoms with van der Waals surface area (Å²) < 4.78 is 4.86.